The summed E-state index contributed by atoms with van der Waals surface area (Å²) < 4.78 is 0. The molecule has 0 radical (unpaired) electrons. The lowest BCUT2D eigenvalue weighted by Crippen LogP contribution is -2.40. The first-order valence-corrected chi connectivity index (χ1v) is 8.83. The Morgan fingerprint density at radius 3 is 2.26 bits per heavy atom. The van der Waals surface area contributed by atoms with E-state index in [0.717, 1.165) is 5.92 Å². The van der Waals surface area contributed by atoms with E-state index in [-0.39, 0.29) is 0 Å². The molecule has 1 aromatic rings. The molecule has 106 valence electrons. The summed E-state index contributed by atoms with van der Waals surface area (Å²) in [5.41, 5.74) is 1.58. The minimum atomic E-state index is 0.831. The van der Waals surface area contributed by atoms with Crippen molar-refractivity contribution in [2.75, 3.05) is 39.3 Å². The quantitative estimate of drug-likeness (QED) is 0.833. The van der Waals surface area contributed by atoms with Crippen molar-refractivity contribution in [1.82, 2.24) is 9.80 Å². The third-order valence-electron chi connectivity index (χ3n) is 4.78. The fourth-order valence-electron chi connectivity index (χ4n) is 3.46. The van der Waals surface area contributed by atoms with Crippen LogP contribution in [0.25, 0.3) is 0 Å². The lowest BCUT2D eigenvalue weighted by Gasteiger charge is -2.34. The summed E-state index contributed by atoms with van der Waals surface area (Å²) in [6, 6.07) is 2.32. The van der Waals surface area contributed by atoms with Crippen LogP contribution in [0.1, 0.15) is 43.6 Å². The molecule has 0 N–H and O–H groups in total. The second-order valence-electron chi connectivity index (χ2n) is 6.07. The fraction of sp³-hybridized carbons (Fsp3) is 0.750. The van der Waals surface area contributed by atoms with E-state index in [0.29, 0.717) is 0 Å². The van der Waals surface area contributed by atoms with Gasteiger partial charge in [-0.3, -0.25) is 0 Å². The van der Waals surface area contributed by atoms with Gasteiger partial charge in [-0.15, -0.1) is 0 Å². The van der Waals surface area contributed by atoms with Crippen LogP contribution in [0.4, 0.5) is 0 Å². The number of nitrogens with zero attached hydrogens (tertiary/aromatic N) is 2. The molecule has 0 aliphatic carbocycles. The molecule has 0 bridgehead atoms. The van der Waals surface area contributed by atoms with Crippen LogP contribution in [-0.4, -0.2) is 49.1 Å². The van der Waals surface area contributed by atoms with E-state index in [2.05, 4.69) is 26.6 Å². The van der Waals surface area contributed by atoms with Crippen LogP contribution >= 0.6 is 11.3 Å². The summed E-state index contributed by atoms with van der Waals surface area (Å²) >= 11 is 1.84. The van der Waals surface area contributed by atoms with Gasteiger partial charge in [0.25, 0.3) is 0 Å². The molecule has 0 unspecified atom stereocenters. The molecule has 0 spiro atoms. The van der Waals surface area contributed by atoms with Crippen LogP contribution in [0.2, 0.25) is 0 Å². The molecular weight excluding hydrogens is 252 g/mol. The van der Waals surface area contributed by atoms with E-state index in [1.54, 1.807) is 5.56 Å². The Kier molecular flexibility index (Phi) is 4.91. The van der Waals surface area contributed by atoms with E-state index < -0.39 is 0 Å². The Bertz CT molecular complexity index is 349. The maximum absolute atomic E-state index is 2.68. The zero-order chi connectivity index (χ0) is 12.9. The Hall–Kier alpha value is -0.380. The molecular formula is C16H26N2S. The van der Waals surface area contributed by atoms with E-state index in [1.165, 1.54) is 71.4 Å². The van der Waals surface area contributed by atoms with Gasteiger partial charge in [0, 0.05) is 13.1 Å². The smallest absolute Gasteiger partial charge is 0.0109 e. The van der Waals surface area contributed by atoms with Crippen LogP contribution in [0, 0.1) is 0 Å². The van der Waals surface area contributed by atoms with Gasteiger partial charge in [-0.1, -0.05) is 6.42 Å². The van der Waals surface area contributed by atoms with Gasteiger partial charge in [-0.25, -0.2) is 0 Å². The third-order valence-corrected chi connectivity index (χ3v) is 5.48. The van der Waals surface area contributed by atoms with E-state index >= 15 is 0 Å². The van der Waals surface area contributed by atoms with Gasteiger partial charge < -0.3 is 9.80 Å². The van der Waals surface area contributed by atoms with Crippen molar-refractivity contribution in [2.24, 2.45) is 0 Å². The average Bonchev–Trinajstić information content (AvgIpc) is 3.01. The summed E-state index contributed by atoms with van der Waals surface area (Å²) in [7, 11) is 0. The minimum Gasteiger partial charge on any atom is -0.302 e. The van der Waals surface area contributed by atoms with Crippen molar-refractivity contribution in [1.29, 1.82) is 0 Å². The van der Waals surface area contributed by atoms with Crippen molar-refractivity contribution in [3.05, 3.63) is 22.4 Å². The highest BCUT2D eigenvalue weighted by molar-refractivity contribution is 7.07. The maximum atomic E-state index is 2.68. The first-order chi connectivity index (χ1) is 9.42. The lowest BCUT2D eigenvalue weighted by molar-refractivity contribution is 0.159. The number of rotatable bonds is 4. The second kappa shape index (κ2) is 6.87. The summed E-state index contributed by atoms with van der Waals surface area (Å²) in [4.78, 5) is 5.34. The standard InChI is InChI=1S/C16H26N2S/c1-2-7-17(8-3-1)11-12-18-9-4-15(5-10-18)16-6-13-19-14-16/h6,13-15H,1-5,7-12H2. The van der Waals surface area contributed by atoms with Crippen LogP contribution in [0.5, 0.6) is 0 Å². The molecule has 19 heavy (non-hydrogen) atoms. The molecule has 2 aliphatic heterocycles. The lowest BCUT2D eigenvalue weighted by atomic mass is 9.91. The number of thiophene rings is 1. The average molecular weight is 278 g/mol. The molecule has 0 aromatic carbocycles. The monoisotopic (exact) mass is 278 g/mol. The molecule has 0 saturated carbocycles. The minimum absolute atomic E-state index is 0.831. The molecule has 2 nitrogen and oxygen atoms in total. The number of hydrogen-bond acceptors (Lipinski definition) is 3. The van der Waals surface area contributed by atoms with Crippen molar-refractivity contribution in [3.8, 4) is 0 Å². The first kappa shape index (κ1) is 13.6. The van der Waals surface area contributed by atoms with Crippen LogP contribution < -0.4 is 0 Å². The maximum Gasteiger partial charge on any atom is 0.0109 e. The largest absolute Gasteiger partial charge is 0.302 e. The van der Waals surface area contributed by atoms with Gasteiger partial charge in [-0.05, 0) is 80.2 Å². The highest BCUT2D eigenvalue weighted by atomic mass is 32.1. The zero-order valence-corrected chi connectivity index (χ0v) is 12.7. The molecule has 0 atom stereocenters. The van der Waals surface area contributed by atoms with Gasteiger partial charge in [0.05, 0.1) is 0 Å². The van der Waals surface area contributed by atoms with Gasteiger partial charge >= 0.3 is 0 Å². The number of hydrogen-bond donors (Lipinski definition) is 0. The SMILES string of the molecule is c1cc(C2CCN(CCN3CCCCC3)CC2)cs1. The van der Waals surface area contributed by atoms with Gasteiger partial charge in [0.2, 0.25) is 0 Å². The predicted molar refractivity (Wildman–Crippen MR) is 83.0 cm³/mol. The van der Waals surface area contributed by atoms with E-state index in [9.17, 15) is 0 Å². The van der Waals surface area contributed by atoms with E-state index in [4.69, 9.17) is 0 Å². The van der Waals surface area contributed by atoms with Gasteiger partial charge in [-0.2, -0.15) is 11.3 Å². The summed E-state index contributed by atoms with van der Waals surface area (Å²) in [5, 5.41) is 4.56. The van der Waals surface area contributed by atoms with E-state index in [1.807, 2.05) is 11.3 Å². The first-order valence-electron chi connectivity index (χ1n) is 7.88. The number of piperidine rings is 2. The highest BCUT2D eigenvalue weighted by Gasteiger charge is 2.21. The van der Waals surface area contributed by atoms with Crippen molar-refractivity contribution in [3.63, 3.8) is 0 Å². The topological polar surface area (TPSA) is 6.48 Å². The summed E-state index contributed by atoms with van der Waals surface area (Å²) in [6.45, 7) is 7.86. The molecule has 3 heteroatoms. The predicted octanol–water partition coefficient (Wildman–Crippen LogP) is 3.41. The fourth-order valence-corrected chi connectivity index (χ4v) is 4.21. The van der Waals surface area contributed by atoms with Crippen molar-refractivity contribution in [2.45, 2.75) is 38.0 Å². The highest BCUT2D eigenvalue weighted by Crippen LogP contribution is 2.29. The van der Waals surface area contributed by atoms with Gasteiger partial charge in [0.1, 0.15) is 0 Å². The summed E-state index contributed by atoms with van der Waals surface area (Å²) in [5.74, 6) is 0.831. The molecule has 2 saturated heterocycles. The third kappa shape index (κ3) is 3.80. The Balaban J connectivity index is 1.38. The normalized spacial score (nSPS) is 23.8. The Labute approximate surface area is 121 Å². The molecule has 3 rings (SSSR count). The zero-order valence-electron chi connectivity index (χ0n) is 11.9. The van der Waals surface area contributed by atoms with Crippen molar-refractivity contribution < 1.29 is 0 Å². The Morgan fingerprint density at radius 1 is 0.947 bits per heavy atom. The molecule has 2 fully saturated rings. The Morgan fingerprint density at radius 2 is 1.63 bits per heavy atom. The van der Waals surface area contributed by atoms with Crippen molar-refractivity contribution >= 4 is 11.3 Å². The number of likely N-dealkylation sites (tertiary alicyclic amines) is 2. The van der Waals surface area contributed by atoms with Crippen LogP contribution in [0.15, 0.2) is 16.8 Å². The molecule has 1 aromatic heterocycles. The van der Waals surface area contributed by atoms with Crippen LogP contribution in [-0.2, 0) is 0 Å². The molecule has 3 heterocycles. The molecule has 0 amide bonds. The second-order valence-corrected chi connectivity index (χ2v) is 6.85. The van der Waals surface area contributed by atoms with Crippen LogP contribution in [0.3, 0.4) is 0 Å². The van der Waals surface area contributed by atoms with Gasteiger partial charge in [0.15, 0.2) is 0 Å². The summed E-state index contributed by atoms with van der Waals surface area (Å²) in [6.07, 6.45) is 7.00. The molecule has 2 aliphatic rings.